The van der Waals surface area contributed by atoms with E-state index >= 15 is 0 Å². The van der Waals surface area contributed by atoms with Crippen LogP contribution in [0.15, 0.2) is 0 Å². The topological polar surface area (TPSA) is 75.0 Å². The summed E-state index contributed by atoms with van der Waals surface area (Å²) in [6.45, 7) is 3.75. The number of carbonyl (C=O) groups excluding carboxylic acids is 1. The SMILES string of the molecule is CCc1[nH]nc(C(=O)N2CCC3CCCCC3C2)c1N. The Balaban J connectivity index is 1.72. The van der Waals surface area contributed by atoms with Crippen LogP contribution in [0.2, 0.25) is 0 Å². The first-order valence-electron chi connectivity index (χ1n) is 7.82. The number of nitrogens with two attached hydrogens (primary N) is 1. The molecule has 0 spiro atoms. The molecule has 5 heteroatoms. The zero-order valence-electron chi connectivity index (χ0n) is 12.2. The molecule has 2 atom stereocenters. The number of likely N-dealkylation sites (tertiary alicyclic amines) is 1. The summed E-state index contributed by atoms with van der Waals surface area (Å²) in [5.74, 6) is 1.52. The Kier molecular flexibility index (Phi) is 3.68. The molecule has 0 bridgehead atoms. The third-order valence-corrected chi connectivity index (χ3v) is 5.02. The van der Waals surface area contributed by atoms with Crippen LogP contribution in [0.3, 0.4) is 0 Å². The highest BCUT2D eigenvalue weighted by atomic mass is 16.2. The summed E-state index contributed by atoms with van der Waals surface area (Å²) >= 11 is 0. The van der Waals surface area contributed by atoms with Crippen LogP contribution >= 0.6 is 0 Å². The number of hydrogen-bond acceptors (Lipinski definition) is 3. The van der Waals surface area contributed by atoms with Gasteiger partial charge in [-0.25, -0.2) is 0 Å². The van der Waals surface area contributed by atoms with Crippen molar-refractivity contribution in [3.63, 3.8) is 0 Å². The Hall–Kier alpha value is -1.52. The lowest BCUT2D eigenvalue weighted by Gasteiger charge is -2.41. The molecule has 2 fully saturated rings. The molecule has 2 aliphatic rings. The molecule has 1 aromatic heterocycles. The fraction of sp³-hybridized carbons (Fsp3) is 0.733. The molecule has 1 saturated heterocycles. The quantitative estimate of drug-likeness (QED) is 0.869. The van der Waals surface area contributed by atoms with Gasteiger partial charge in [0.15, 0.2) is 5.69 Å². The lowest BCUT2D eigenvalue weighted by atomic mass is 9.75. The molecule has 20 heavy (non-hydrogen) atoms. The lowest BCUT2D eigenvalue weighted by molar-refractivity contribution is 0.0516. The number of nitrogens with zero attached hydrogens (tertiary/aromatic N) is 2. The minimum absolute atomic E-state index is 0.00229. The summed E-state index contributed by atoms with van der Waals surface area (Å²) < 4.78 is 0. The molecule has 1 saturated carbocycles. The number of H-pyrrole nitrogens is 1. The number of hydrogen-bond donors (Lipinski definition) is 2. The third-order valence-electron chi connectivity index (χ3n) is 5.02. The van der Waals surface area contributed by atoms with Gasteiger partial charge in [0.1, 0.15) is 0 Å². The van der Waals surface area contributed by atoms with Crippen LogP contribution in [-0.2, 0) is 6.42 Å². The Bertz CT molecular complexity index is 496. The summed E-state index contributed by atoms with van der Waals surface area (Å²) in [7, 11) is 0. The molecule has 5 nitrogen and oxygen atoms in total. The van der Waals surface area contributed by atoms with E-state index in [1.807, 2.05) is 11.8 Å². The zero-order chi connectivity index (χ0) is 14.1. The van der Waals surface area contributed by atoms with E-state index in [1.54, 1.807) is 0 Å². The van der Waals surface area contributed by atoms with Gasteiger partial charge in [0, 0.05) is 13.1 Å². The molecule has 1 aromatic rings. The maximum atomic E-state index is 12.6. The number of piperidine rings is 1. The number of aryl methyl sites for hydroxylation is 1. The highest BCUT2D eigenvalue weighted by Gasteiger charge is 2.34. The lowest BCUT2D eigenvalue weighted by Crippen LogP contribution is -2.45. The molecular formula is C15H24N4O. The molecule has 2 unspecified atom stereocenters. The second-order valence-electron chi connectivity index (χ2n) is 6.16. The predicted octanol–water partition coefficient (Wildman–Crippen LogP) is 2.21. The van der Waals surface area contributed by atoms with E-state index in [1.165, 1.54) is 25.7 Å². The monoisotopic (exact) mass is 276 g/mol. The molecule has 0 aromatic carbocycles. The van der Waals surface area contributed by atoms with Crippen LogP contribution in [0.5, 0.6) is 0 Å². The van der Waals surface area contributed by atoms with Crippen LogP contribution < -0.4 is 5.73 Å². The maximum absolute atomic E-state index is 12.6. The Morgan fingerprint density at radius 1 is 1.35 bits per heavy atom. The van der Waals surface area contributed by atoms with Crippen molar-refractivity contribution in [3.8, 4) is 0 Å². The largest absolute Gasteiger partial charge is 0.395 e. The van der Waals surface area contributed by atoms with Crippen LogP contribution in [0, 0.1) is 11.8 Å². The molecule has 1 amide bonds. The molecule has 0 radical (unpaired) electrons. The van der Waals surface area contributed by atoms with Gasteiger partial charge in [0.25, 0.3) is 5.91 Å². The molecular weight excluding hydrogens is 252 g/mol. The van der Waals surface area contributed by atoms with E-state index in [4.69, 9.17) is 5.73 Å². The van der Waals surface area contributed by atoms with Crippen molar-refractivity contribution in [1.82, 2.24) is 15.1 Å². The van der Waals surface area contributed by atoms with Crippen molar-refractivity contribution < 1.29 is 4.79 Å². The van der Waals surface area contributed by atoms with Gasteiger partial charge in [-0.15, -0.1) is 0 Å². The first-order chi connectivity index (χ1) is 9.70. The Labute approximate surface area is 119 Å². The number of carbonyl (C=O) groups is 1. The van der Waals surface area contributed by atoms with E-state index in [0.717, 1.165) is 37.5 Å². The molecule has 1 aliphatic carbocycles. The van der Waals surface area contributed by atoms with Crippen molar-refractivity contribution >= 4 is 11.6 Å². The first-order valence-corrected chi connectivity index (χ1v) is 7.82. The fourth-order valence-corrected chi connectivity index (χ4v) is 3.75. The van der Waals surface area contributed by atoms with Crippen molar-refractivity contribution in [2.45, 2.75) is 45.4 Å². The van der Waals surface area contributed by atoms with Crippen LogP contribution in [0.4, 0.5) is 5.69 Å². The number of rotatable bonds is 2. The minimum atomic E-state index is 0.00229. The number of aromatic nitrogens is 2. The highest BCUT2D eigenvalue weighted by molar-refractivity contribution is 5.97. The van der Waals surface area contributed by atoms with Crippen LogP contribution in [-0.4, -0.2) is 34.1 Å². The second-order valence-corrected chi connectivity index (χ2v) is 6.16. The first kappa shape index (κ1) is 13.5. The van der Waals surface area contributed by atoms with Gasteiger partial charge in [-0.1, -0.05) is 26.2 Å². The number of nitrogen functional groups attached to an aromatic ring is 1. The molecule has 2 heterocycles. The standard InChI is InChI=1S/C15H24N4O/c1-2-12-13(16)14(18-17-12)15(20)19-8-7-10-5-3-4-6-11(10)9-19/h10-11H,2-9,16H2,1H3,(H,17,18). The maximum Gasteiger partial charge on any atom is 0.276 e. The Morgan fingerprint density at radius 3 is 2.80 bits per heavy atom. The van der Waals surface area contributed by atoms with E-state index in [2.05, 4.69) is 10.2 Å². The van der Waals surface area contributed by atoms with Gasteiger partial charge in [-0.3, -0.25) is 9.89 Å². The number of aromatic amines is 1. The van der Waals surface area contributed by atoms with Gasteiger partial charge >= 0.3 is 0 Å². The van der Waals surface area contributed by atoms with Crippen LogP contribution in [0.25, 0.3) is 0 Å². The van der Waals surface area contributed by atoms with E-state index in [-0.39, 0.29) is 5.91 Å². The summed E-state index contributed by atoms with van der Waals surface area (Å²) in [4.78, 5) is 14.5. The summed E-state index contributed by atoms with van der Waals surface area (Å²) in [6, 6.07) is 0. The minimum Gasteiger partial charge on any atom is -0.395 e. The number of amides is 1. The van der Waals surface area contributed by atoms with Gasteiger partial charge in [-0.05, 0) is 31.1 Å². The predicted molar refractivity (Wildman–Crippen MR) is 78.3 cm³/mol. The van der Waals surface area contributed by atoms with Crippen molar-refractivity contribution in [2.75, 3.05) is 18.8 Å². The molecule has 1 aliphatic heterocycles. The van der Waals surface area contributed by atoms with E-state index < -0.39 is 0 Å². The smallest absolute Gasteiger partial charge is 0.276 e. The molecule has 110 valence electrons. The molecule has 3 N–H and O–H groups in total. The van der Waals surface area contributed by atoms with Crippen molar-refractivity contribution in [1.29, 1.82) is 0 Å². The summed E-state index contributed by atoms with van der Waals surface area (Å²) in [5.41, 5.74) is 7.82. The third kappa shape index (κ3) is 2.30. The van der Waals surface area contributed by atoms with E-state index in [0.29, 0.717) is 17.3 Å². The summed E-state index contributed by atoms with van der Waals surface area (Å²) in [6.07, 6.45) is 7.20. The van der Waals surface area contributed by atoms with Crippen molar-refractivity contribution in [3.05, 3.63) is 11.4 Å². The Morgan fingerprint density at radius 2 is 2.10 bits per heavy atom. The summed E-state index contributed by atoms with van der Waals surface area (Å²) in [5, 5.41) is 7.00. The van der Waals surface area contributed by atoms with Gasteiger partial charge in [0.05, 0.1) is 11.4 Å². The second kappa shape index (κ2) is 5.46. The normalized spacial score (nSPS) is 26.4. The van der Waals surface area contributed by atoms with Gasteiger partial charge in [-0.2, -0.15) is 5.10 Å². The average Bonchev–Trinajstić information content (AvgIpc) is 2.87. The zero-order valence-corrected chi connectivity index (χ0v) is 12.2. The number of anilines is 1. The number of nitrogens with one attached hydrogen (secondary N) is 1. The fourth-order valence-electron chi connectivity index (χ4n) is 3.75. The number of fused-ring (bicyclic) bond motifs is 1. The van der Waals surface area contributed by atoms with E-state index in [9.17, 15) is 4.79 Å². The van der Waals surface area contributed by atoms with Gasteiger partial charge < -0.3 is 10.6 Å². The van der Waals surface area contributed by atoms with Crippen molar-refractivity contribution in [2.24, 2.45) is 11.8 Å². The average molecular weight is 276 g/mol. The highest BCUT2D eigenvalue weighted by Crippen LogP contribution is 2.36. The van der Waals surface area contributed by atoms with Gasteiger partial charge in [0.2, 0.25) is 0 Å². The van der Waals surface area contributed by atoms with Crippen LogP contribution in [0.1, 0.15) is 55.2 Å². The molecule has 3 rings (SSSR count).